The van der Waals surface area contributed by atoms with Crippen LogP contribution in [0.3, 0.4) is 0 Å². The van der Waals surface area contributed by atoms with Crippen molar-refractivity contribution in [3.63, 3.8) is 0 Å². The third-order valence-electron chi connectivity index (χ3n) is 2.12. The first-order valence-corrected chi connectivity index (χ1v) is 6.70. The fourth-order valence-electron chi connectivity index (χ4n) is 1.32. The van der Waals surface area contributed by atoms with Crippen LogP contribution in [-0.4, -0.2) is 0 Å². The van der Waals surface area contributed by atoms with Crippen molar-refractivity contribution in [1.29, 1.82) is 5.26 Å². The van der Waals surface area contributed by atoms with Crippen molar-refractivity contribution < 1.29 is 4.74 Å². The fraction of sp³-hybridized carbons (Fsp3) is 0. The lowest BCUT2D eigenvalue weighted by Crippen LogP contribution is -1.90. The smallest absolute Gasteiger partial charge is 0.146 e. The molecular weight excluding hydrogens is 393 g/mol. The van der Waals surface area contributed by atoms with Gasteiger partial charge in [0.1, 0.15) is 17.6 Å². The second-order valence-corrected chi connectivity index (χ2v) is 5.36. The van der Waals surface area contributed by atoms with Gasteiger partial charge in [0.15, 0.2) is 0 Å². The molecule has 2 nitrogen and oxygen atoms in total. The highest BCUT2D eigenvalue weighted by Gasteiger charge is 2.07. The number of para-hydroxylation sites is 1. The van der Waals surface area contributed by atoms with Crippen LogP contribution in [0.15, 0.2) is 46.9 Å². The normalized spacial score (nSPS) is 9.71. The zero-order valence-corrected chi connectivity index (χ0v) is 12.4. The van der Waals surface area contributed by atoms with E-state index in [2.05, 4.69) is 44.6 Å². The SMILES string of the molecule is N#Cc1ccc(Br)cc1Oc1ccccc1I. The van der Waals surface area contributed by atoms with Gasteiger partial charge in [-0.1, -0.05) is 28.1 Å². The minimum atomic E-state index is 0.521. The molecule has 17 heavy (non-hydrogen) atoms. The average molecular weight is 400 g/mol. The molecule has 0 aliphatic carbocycles. The van der Waals surface area contributed by atoms with E-state index in [-0.39, 0.29) is 0 Å². The largest absolute Gasteiger partial charge is 0.455 e. The van der Waals surface area contributed by atoms with Gasteiger partial charge in [0.2, 0.25) is 0 Å². The number of ether oxygens (including phenoxy) is 1. The zero-order chi connectivity index (χ0) is 12.3. The van der Waals surface area contributed by atoms with Crippen LogP contribution in [0.25, 0.3) is 0 Å². The van der Waals surface area contributed by atoms with Crippen LogP contribution >= 0.6 is 38.5 Å². The Morgan fingerprint density at radius 2 is 1.88 bits per heavy atom. The summed E-state index contributed by atoms with van der Waals surface area (Å²) < 4.78 is 7.65. The summed E-state index contributed by atoms with van der Waals surface area (Å²) in [4.78, 5) is 0. The van der Waals surface area contributed by atoms with E-state index in [0.717, 1.165) is 13.8 Å². The minimum absolute atomic E-state index is 0.521. The van der Waals surface area contributed by atoms with Crippen molar-refractivity contribution in [1.82, 2.24) is 0 Å². The Kier molecular flexibility index (Phi) is 4.02. The predicted molar refractivity (Wildman–Crippen MR) is 78.1 cm³/mol. The van der Waals surface area contributed by atoms with Gasteiger partial charge >= 0.3 is 0 Å². The molecule has 2 aromatic carbocycles. The molecule has 0 aliphatic heterocycles. The van der Waals surface area contributed by atoms with Crippen LogP contribution in [0.2, 0.25) is 0 Å². The Morgan fingerprint density at radius 1 is 1.12 bits per heavy atom. The molecular formula is C13H7BrINO. The summed E-state index contributed by atoms with van der Waals surface area (Å²) >= 11 is 5.57. The molecule has 2 rings (SSSR count). The molecule has 4 heteroatoms. The van der Waals surface area contributed by atoms with Gasteiger partial charge in [-0.25, -0.2) is 0 Å². The van der Waals surface area contributed by atoms with Crippen LogP contribution < -0.4 is 4.74 Å². The van der Waals surface area contributed by atoms with Crippen molar-refractivity contribution in [2.45, 2.75) is 0 Å². The lowest BCUT2D eigenvalue weighted by molar-refractivity contribution is 0.477. The number of hydrogen-bond acceptors (Lipinski definition) is 2. The molecule has 0 bridgehead atoms. The van der Waals surface area contributed by atoms with E-state index in [0.29, 0.717) is 11.3 Å². The molecule has 0 aliphatic rings. The number of benzene rings is 2. The molecule has 0 saturated carbocycles. The number of rotatable bonds is 2. The summed E-state index contributed by atoms with van der Waals surface area (Å²) in [6.45, 7) is 0. The maximum atomic E-state index is 9.01. The summed E-state index contributed by atoms with van der Waals surface area (Å²) in [7, 11) is 0. The van der Waals surface area contributed by atoms with Crippen molar-refractivity contribution in [3.8, 4) is 17.6 Å². The molecule has 0 heterocycles. The summed E-state index contributed by atoms with van der Waals surface area (Å²) in [5, 5.41) is 9.01. The van der Waals surface area contributed by atoms with Crippen LogP contribution in [0.5, 0.6) is 11.5 Å². The fourth-order valence-corrected chi connectivity index (χ4v) is 2.16. The lowest BCUT2D eigenvalue weighted by Gasteiger charge is -2.09. The second kappa shape index (κ2) is 5.52. The topological polar surface area (TPSA) is 33.0 Å². The van der Waals surface area contributed by atoms with Crippen molar-refractivity contribution in [2.75, 3.05) is 0 Å². The van der Waals surface area contributed by atoms with Crippen LogP contribution in [0.1, 0.15) is 5.56 Å². The Morgan fingerprint density at radius 3 is 2.59 bits per heavy atom. The van der Waals surface area contributed by atoms with Gasteiger partial charge in [0.05, 0.1) is 9.13 Å². The monoisotopic (exact) mass is 399 g/mol. The summed E-state index contributed by atoms with van der Waals surface area (Å²) in [6.07, 6.45) is 0. The lowest BCUT2D eigenvalue weighted by atomic mass is 10.2. The summed E-state index contributed by atoms with van der Waals surface area (Å²) in [5.41, 5.74) is 0.521. The highest BCUT2D eigenvalue weighted by Crippen LogP contribution is 2.30. The van der Waals surface area contributed by atoms with Crippen LogP contribution in [0, 0.1) is 14.9 Å². The van der Waals surface area contributed by atoms with Gasteiger partial charge in [-0.15, -0.1) is 0 Å². The highest BCUT2D eigenvalue weighted by molar-refractivity contribution is 14.1. The van der Waals surface area contributed by atoms with E-state index >= 15 is 0 Å². The maximum absolute atomic E-state index is 9.01. The summed E-state index contributed by atoms with van der Waals surface area (Å²) in [5.74, 6) is 1.31. The van der Waals surface area contributed by atoms with Crippen LogP contribution in [0.4, 0.5) is 0 Å². The second-order valence-electron chi connectivity index (χ2n) is 3.28. The Hall–Kier alpha value is -1.06. The molecule has 0 unspecified atom stereocenters. The van der Waals surface area contributed by atoms with E-state index in [9.17, 15) is 0 Å². The van der Waals surface area contributed by atoms with Gasteiger partial charge in [0, 0.05) is 4.47 Å². The molecule has 0 N–H and O–H groups in total. The summed E-state index contributed by atoms with van der Waals surface area (Å²) in [6, 6.07) is 15.1. The van der Waals surface area contributed by atoms with Gasteiger partial charge < -0.3 is 4.74 Å². The third-order valence-corrected chi connectivity index (χ3v) is 3.51. The third kappa shape index (κ3) is 2.99. The first kappa shape index (κ1) is 12.4. The molecule has 0 spiro atoms. The maximum Gasteiger partial charge on any atom is 0.146 e. The Labute approximate surface area is 121 Å². The van der Waals surface area contributed by atoms with E-state index in [4.69, 9.17) is 10.00 Å². The Balaban J connectivity index is 2.40. The van der Waals surface area contributed by atoms with Gasteiger partial charge in [0.25, 0.3) is 0 Å². The molecule has 0 aromatic heterocycles. The Bertz CT molecular complexity index is 592. The predicted octanol–water partition coefficient (Wildman–Crippen LogP) is 4.72. The quantitative estimate of drug-likeness (QED) is 0.684. The van der Waals surface area contributed by atoms with Gasteiger partial charge in [-0.2, -0.15) is 5.26 Å². The molecule has 0 radical (unpaired) electrons. The van der Waals surface area contributed by atoms with Crippen molar-refractivity contribution in [2.24, 2.45) is 0 Å². The van der Waals surface area contributed by atoms with E-state index in [1.165, 1.54) is 0 Å². The van der Waals surface area contributed by atoms with E-state index < -0.39 is 0 Å². The molecule has 2 aromatic rings. The van der Waals surface area contributed by atoms with Gasteiger partial charge in [-0.05, 0) is 52.9 Å². The molecule has 0 saturated heterocycles. The van der Waals surface area contributed by atoms with Crippen molar-refractivity contribution >= 4 is 38.5 Å². The first-order chi connectivity index (χ1) is 8.20. The van der Waals surface area contributed by atoms with Crippen molar-refractivity contribution in [3.05, 3.63) is 56.1 Å². The molecule has 0 amide bonds. The number of nitrogens with zero attached hydrogens (tertiary/aromatic N) is 1. The van der Waals surface area contributed by atoms with Gasteiger partial charge in [-0.3, -0.25) is 0 Å². The van der Waals surface area contributed by atoms with E-state index in [1.807, 2.05) is 30.3 Å². The average Bonchev–Trinajstić information content (AvgIpc) is 2.32. The minimum Gasteiger partial charge on any atom is -0.455 e. The number of halogens is 2. The number of nitriles is 1. The first-order valence-electron chi connectivity index (χ1n) is 4.83. The van der Waals surface area contributed by atoms with E-state index in [1.54, 1.807) is 12.1 Å². The zero-order valence-electron chi connectivity index (χ0n) is 8.65. The molecule has 0 atom stereocenters. The highest BCUT2D eigenvalue weighted by atomic mass is 127. The van der Waals surface area contributed by atoms with Crippen LogP contribution in [-0.2, 0) is 0 Å². The molecule has 84 valence electrons. The standard InChI is InChI=1S/C13H7BrINO/c14-10-6-5-9(8-16)13(7-10)17-12-4-2-1-3-11(12)15/h1-7H. The number of hydrogen-bond donors (Lipinski definition) is 0. The molecule has 0 fully saturated rings.